The van der Waals surface area contributed by atoms with Gasteiger partial charge in [-0.25, -0.2) is 8.42 Å². The third-order valence-corrected chi connectivity index (χ3v) is 5.72. The number of ether oxygens (including phenoxy) is 1. The van der Waals surface area contributed by atoms with Crippen LogP contribution in [0.25, 0.3) is 0 Å². The van der Waals surface area contributed by atoms with E-state index in [2.05, 4.69) is 20.0 Å². The van der Waals surface area contributed by atoms with Gasteiger partial charge in [-0.05, 0) is 43.3 Å². The molecule has 0 radical (unpaired) electrons. The maximum Gasteiger partial charge on any atom is 0.387 e. The standard InChI is InChI=1S/C21H18F2N4O5S/c1-14(17-9-5-6-10-20(17)32-21(22)23)24-25-18-12-11-16(13-19(18)27(28)29)33(30,31)26-15-7-3-2-4-8-15/h2-13,21,25-26H,1H3. The van der Waals surface area contributed by atoms with Crippen molar-refractivity contribution in [1.29, 1.82) is 0 Å². The van der Waals surface area contributed by atoms with Crippen LogP contribution in [0.4, 0.5) is 25.8 Å². The van der Waals surface area contributed by atoms with Crippen molar-refractivity contribution >= 4 is 32.8 Å². The molecule has 0 aliphatic rings. The predicted octanol–water partition coefficient (Wildman–Crippen LogP) is 4.83. The van der Waals surface area contributed by atoms with Crippen molar-refractivity contribution in [1.82, 2.24) is 0 Å². The highest BCUT2D eigenvalue weighted by Gasteiger charge is 2.22. The Kier molecular flexibility index (Phi) is 7.18. The van der Waals surface area contributed by atoms with Crippen LogP contribution in [-0.2, 0) is 10.0 Å². The van der Waals surface area contributed by atoms with Crippen LogP contribution in [0.1, 0.15) is 12.5 Å². The molecule has 172 valence electrons. The molecular formula is C21H18F2N4O5S. The van der Waals surface area contributed by atoms with Gasteiger partial charge in [0.25, 0.3) is 15.7 Å². The molecule has 33 heavy (non-hydrogen) atoms. The molecule has 0 unspecified atom stereocenters. The van der Waals surface area contributed by atoms with Crippen LogP contribution in [0.15, 0.2) is 82.8 Å². The summed E-state index contributed by atoms with van der Waals surface area (Å²) in [6.45, 7) is -1.54. The zero-order valence-electron chi connectivity index (χ0n) is 17.1. The van der Waals surface area contributed by atoms with Gasteiger partial charge in [0.2, 0.25) is 0 Å². The molecule has 2 N–H and O–H groups in total. The van der Waals surface area contributed by atoms with Gasteiger partial charge < -0.3 is 4.74 Å². The average molecular weight is 476 g/mol. The number of nitrogens with one attached hydrogen (secondary N) is 2. The van der Waals surface area contributed by atoms with Gasteiger partial charge in [-0.1, -0.05) is 30.3 Å². The van der Waals surface area contributed by atoms with E-state index in [1.165, 1.54) is 49.4 Å². The summed E-state index contributed by atoms with van der Waals surface area (Å²) in [7, 11) is -4.08. The minimum absolute atomic E-state index is 0.0923. The topological polar surface area (TPSA) is 123 Å². The van der Waals surface area contributed by atoms with Gasteiger partial charge in [-0.2, -0.15) is 13.9 Å². The zero-order valence-corrected chi connectivity index (χ0v) is 17.9. The van der Waals surface area contributed by atoms with Gasteiger partial charge in [-0.3, -0.25) is 20.3 Å². The van der Waals surface area contributed by atoms with Crippen LogP contribution in [0.3, 0.4) is 0 Å². The summed E-state index contributed by atoms with van der Waals surface area (Å²) in [5, 5.41) is 15.6. The van der Waals surface area contributed by atoms with Gasteiger partial charge >= 0.3 is 6.61 Å². The van der Waals surface area contributed by atoms with Gasteiger partial charge in [0.05, 0.1) is 15.5 Å². The van der Waals surface area contributed by atoms with E-state index < -0.39 is 27.2 Å². The fourth-order valence-electron chi connectivity index (χ4n) is 2.81. The fraction of sp³-hybridized carbons (Fsp3) is 0.0952. The molecule has 0 saturated heterocycles. The largest absolute Gasteiger partial charge is 0.434 e. The maximum absolute atomic E-state index is 12.6. The third-order valence-electron chi connectivity index (χ3n) is 4.34. The number of nitro benzene ring substituents is 1. The second-order valence-corrected chi connectivity index (χ2v) is 8.27. The second kappa shape index (κ2) is 10.0. The van der Waals surface area contributed by atoms with Crippen LogP contribution >= 0.6 is 0 Å². The molecule has 0 atom stereocenters. The van der Waals surface area contributed by atoms with Crippen molar-refractivity contribution in [2.24, 2.45) is 5.10 Å². The molecule has 0 aliphatic carbocycles. The Morgan fingerprint density at radius 3 is 2.39 bits per heavy atom. The lowest BCUT2D eigenvalue weighted by Crippen LogP contribution is -2.13. The number of nitrogens with zero attached hydrogens (tertiary/aromatic N) is 2. The molecule has 3 aromatic carbocycles. The zero-order chi connectivity index (χ0) is 24.0. The number of sulfonamides is 1. The Labute approximate surface area is 187 Å². The van der Waals surface area contributed by atoms with Crippen LogP contribution in [-0.4, -0.2) is 25.7 Å². The highest BCUT2D eigenvalue weighted by Crippen LogP contribution is 2.29. The number of para-hydroxylation sites is 2. The Hall–Kier alpha value is -4.06. The summed E-state index contributed by atoms with van der Waals surface area (Å²) < 4.78 is 57.3. The summed E-state index contributed by atoms with van der Waals surface area (Å²) in [5.74, 6) is -0.113. The Balaban J connectivity index is 1.88. The van der Waals surface area contributed by atoms with Crippen LogP contribution in [0, 0.1) is 10.1 Å². The molecule has 9 nitrogen and oxygen atoms in total. The summed E-state index contributed by atoms with van der Waals surface area (Å²) in [6, 6.07) is 17.3. The number of halogens is 2. The number of hydrazone groups is 1. The van der Waals surface area contributed by atoms with E-state index in [9.17, 15) is 27.3 Å². The minimum atomic E-state index is -4.08. The van der Waals surface area contributed by atoms with Crippen molar-refractivity contribution in [3.05, 3.63) is 88.5 Å². The van der Waals surface area contributed by atoms with Gasteiger partial charge in [-0.15, -0.1) is 0 Å². The minimum Gasteiger partial charge on any atom is -0.434 e. The normalized spacial score (nSPS) is 11.8. The van der Waals surface area contributed by atoms with Crippen LogP contribution in [0.2, 0.25) is 0 Å². The quantitative estimate of drug-likeness (QED) is 0.259. The fourth-order valence-corrected chi connectivity index (χ4v) is 3.89. The molecular weight excluding hydrogens is 458 g/mol. The lowest BCUT2D eigenvalue weighted by Gasteiger charge is -2.11. The lowest BCUT2D eigenvalue weighted by molar-refractivity contribution is -0.384. The highest BCUT2D eigenvalue weighted by molar-refractivity contribution is 7.92. The van der Waals surface area contributed by atoms with Crippen molar-refractivity contribution in [2.45, 2.75) is 18.4 Å². The molecule has 0 heterocycles. The summed E-state index contributed by atoms with van der Waals surface area (Å²) in [4.78, 5) is 10.5. The van der Waals surface area contributed by atoms with Crippen LogP contribution < -0.4 is 14.9 Å². The summed E-state index contributed by atoms with van der Waals surface area (Å²) in [5.41, 5.74) is 2.61. The molecule has 3 aromatic rings. The molecule has 0 spiro atoms. The molecule has 0 saturated carbocycles. The van der Waals surface area contributed by atoms with E-state index in [1.54, 1.807) is 24.3 Å². The van der Waals surface area contributed by atoms with Crippen molar-refractivity contribution < 1.29 is 26.9 Å². The van der Waals surface area contributed by atoms with Crippen LogP contribution in [0.5, 0.6) is 5.75 Å². The molecule has 0 fully saturated rings. The second-order valence-electron chi connectivity index (χ2n) is 6.59. The molecule has 12 heteroatoms. The van der Waals surface area contributed by atoms with Gasteiger partial charge in [0.1, 0.15) is 11.4 Å². The number of nitro groups is 1. The van der Waals surface area contributed by atoms with E-state index in [0.717, 1.165) is 6.07 Å². The molecule has 3 rings (SSSR count). The third kappa shape index (κ3) is 6.01. The highest BCUT2D eigenvalue weighted by atomic mass is 32.2. The van der Waals surface area contributed by atoms with Crippen molar-refractivity contribution in [3.63, 3.8) is 0 Å². The molecule has 0 aliphatic heterocycles. The summed E-state index contributed by atoms with van der Waals surface area (Å²) in [6.07, 6.45) is 0. The van der Waals surface area contributed by atoms with Crippen molar-refractivity contribution in [3.8, 4) is 5.75 Å². The SMILES string of the molecule is CC(=NNc1ccc(S(=O)(=O)Nc2ccccc2)cc1[N+](=O)[O-])c1ccccc1OC(F)F. The maximum atomic E-state index is 12.6. The number of hydrogen-bond donors (Lipinski definition) is 2. The Bertz CT molecular complexity index is 1280. The number of benzene rings is 3. The number of anilines is 2. The lowest BCUT2D eigenvalue weighted by atomic mass is 10.1. The Morgan fingerprint density at radius 2 is 1.73 bits per heavy atom. The van der Waals surface area contributed by atoms with Crippen molar-refractivity contribution in [2.75, 3.05) is 10.1 Å². The first-order chi connectivity index (χ1) is 15.7. The van der Waals surface area contributed by atoms with E-state index in [4.69, 9.17) is 0 Å². The molecule has 0 aromatic heterocycles. The monoisotopic (exact) mass is 476 g/mol. The van der Waals surface area contributed by atoms with Gasteiger partial charge in [0.15, 0.2) is 0 Å². The first kappa shape index (κ1) is 23.6. The van der Waals surface area contributed by atoms with E-state index in [1.807, 2.05) is 0 Å². The number of alkyl halides is 2. The first-order valence-corrected chi connectivity index (χ1v) is 10.9. The molecule has 0 bridgehead atoms. The smallest absolute Gasteiger partial charge is 0.387 e. The van der Waals surface area contributed by atoms with Gasteiger partial charge in [0, 0.05) is 17.3 Å². The van der Waals surface area contributed by atoms with E-state index in [-0.39, 0.29) is 27.6 Å². The Morgan fingerprint density at radius 1 is 1.06 bits per heavy atom. The average Bonchev–Trinajstić information content (AvgIpc) is 2.77. The number of hydrogen-bond acceptors (Lipinski definition) is 7. The van der Waals surface area contributed by atoms with E-state index in [0.29, 0.717) is 5.69 Å². The first-order valence-electron chi connectivity index (χ1n) is 9.38. The van der Waals surface area contributed by atoms with E-state index >= 15 is 0 Å². The predicted molar refractivity (Wildman–Crippen MR) is 119 cm³/mol. The number of rotatable bonds is 9. The molecule has 0 amide bonds. The summed E-state index contributed by atoms with van der Waals surface area (Å²) >= 11 is 0.